The van der Waals surface area contributed by atoms with Crippen LogP contribution >= 0.6 is 27.5 Å². The van der Waals surface area contributed by atoms with Gasteiger partial charge in [0.15, 0.2) is 0 Å². The van der Waals surface area contributed by atoms with Gasteiger partial charge in [0, 0.05) is 5.56 Å². The second-order valence-corrected chi connectivity index (χ2v) is 4.08. The summed E-state index contributed by atoms with van der Waals surface area (Å²) in [5.74, 6) is -0.544. The molecule has 1 aromatic rings. The van der Waals surface area contributed by atoms with E-state index in [1.54, 1.807) is 0 Å². The monoisotopic (exact) mass is 307 g/mol. The van der Waals surface area contributed by atoms with Gasteiger partial charge in [0.2, 0.25) is 0 Å². The average Bonchev–Trinajstić information content (AvgIpc) is 2.23. The number of rotatable bonds is 3. The van der Waals surface area contributed by atoms with Crippen molar-refractivity contribution in [2.24, 2.45) is 0 Å². The summed E-state index contributed by atoms with van der Waals surface area (Å²) in [5, 5.41) is 11.1. The molecule has 0 aliphatic carbocycles. The Kier molecular flexibility index (Phi) is 4.26. The van der Waals surface area contributed by atoms with Crippen LogP contribution in [0.4, 0.5) is 5.69 Å². The summed E-state index contributed by atoms with van der Waals surface area (Å²) < 4.78 is 4.62. The fourth-order valence-corrected chi connectivity index (χ4v) is 1.83. The number of hydrogen-bond acceptors (Lipinski definition) is 4. The summed E-state index contributed by atoms with van der Waals surface area (Å²) in [6.45, 7) is 0. The van der Waals surface area contributed by atoms with Gasteiger partial charge < -0.3 is 4.74 Å². The molecule has 0 atom stereocenters. The van der Waals surface area contributed by atoms with Crippen molar-refractivity contribution in [1.29, 1.82) is 0 Å². The molecule has 0 aliphatic rings. The molecule has 0 saturated carbocycles. The largest absolute Gasteiger partial charge is 0.469 e. The normalized spacial score (nSPS) is 9.94. The van der Waals surface area contributed by atoms with Crippen molar-refractivity contribution >= 4 is 39.2 Å². The van der Waals surface area contributed by atoms with E-state index in [1.807, 2.05) is 0 Å². The van der Waals surface area contributed by atoms with Gasteiger partial charge in [-0.05, 0) is 22.0 Å². The first-order valence-corrected chi connectivity index (χ1v) is 5.32. The third-order valence-electron chi connectivity index (χ3n) is 1.90. The molecule has 0 fully saturated rings. The quantitative estimate of drug-likeness (QED) is 0.489. The maximum Gasteiger partial charge on any atom is 0.310 e. The van der Waals surface area contributed by atoms with Crippen LogP contribution in [0.15, 0.2) is 16.6 Å². The van der Waals surface area contributed by atoms with Crippen LogP contribution in [0.25, 0.3) is 0 Å². The number of ether oxygens (including phenoxy) is 1. The summed E-state index contributed by atoms with van der Waals surface area (Å²) in [5.41, 5.74) is 0.0472. The molecule has 0 aliphatic heterocycles. The predicted molar refractivity (Wildman–Crippen MR) is 61.5 cm³/mol. The standard InChI is InChI=1S/C9H7BrClNO4/c1-16-7(13)4-5-2-3-6(11)8(10)9(5)12(14)15/h2-3H,4H2,1H3. The number of carbonyl (C=O) groups excluding carboxylic acids is 1. The van der Waals surface area contributed by atoms with Crippen LogP contribution in [0.2, 0.25) is 5.02 Å². The minimum absolute atomic E-state index is 0.164. The lowest BCUT2D eigenvalue weighted by molar-refractivity contribution is -0.386. The number of nitro benzene ring substituents is 1. The SMILES string of the molecule is COC(=O)Cc1ccc(Cl)c(Br)c1[N+](=O)[O-]. The van der Waals surface area contributed by atoms with Crippen LogP contribution < -0.4 is 0 Å². The number of carbonyl (C=O) groups is 1. The third-order valence-corrected chi connectivity index (χ3v) is 3.24. The average molecular weight is 309 g/mol. The van der Waals surface area contributed by atoms with Gasteiger partial charge in [-0.15, -0.1) is 0 Å². The molecule has 0 heterocycles. The molecular weight excluding hydrogens is 301 g/mol. The topological polar surface area (TPSA) is 69.4 Å². The van der Waals surface area contributed by atoms with Crippen LogP contribution in [0, 0.1) is 10.1 Å². The molecule has 1 aromatic carbocycles. The molecule has 1 rings (SSSR count). The lowest BCUT2D eigenvalue weighted by Gasteiger charge is -2.04. The van der Waals surface area contributed by atoms with E-state index < -0.39 is 10.9 Å². The summed E-state index contributed by atoms with van der Waals surface area (Å²) >= 11 is 8.75. The molecule has 0 N–H and O–H groups in total. The minimum atomic E-state index is -0.589. The van der Waals surface area contributed by atoms with Gasteiger partial charge in [0.05, 0.1) is 23.5 Å². The van der Waals surface area contributed by atoms with Crippen molar-refractivity contribution in [2.45, 2.75) is 6.42 Å². The first kappa shape index (κ1) is 12.9. The van der Waals surface area contributed by atoms with Gasteiger partial charge >= 0.3 is 5.97 Å². The highest BCUT2D eigenvalue weighted by Crippen LogP contribution is 2.35. The van der Waals surface area contributed by atoms with Crippen LogP contribution in [-0.4, -0.2) is 18.0 Å². The Balaban J connectivity index is 3.23. The lowest BCUT2D eigenvalue weighted by atomic mass is 10.1. The van der Waals surface area contributed by atoms with Crippen LogP contribution in [-0.2, 0) is 16.0 Å². The summed E-state index contributed by atoms with van der Waals surface area (Å²) in [6, 6.07) is 2.92. The van der Waals surface area contributed by atoms with E-state index in [1.165, 1.54) is 19.2 Å². The van der Waals surface area contributed by atoms with Crippen LogP contribution in [0.3, 0.4) is 0 Å². The third kappa shape index (κ3) is 2.70. The Hall–Kier alpha value is -1.14. The van der Waals surface area contributed by atoms with Crippen LogP contribution in [0.1, 0.15) is 5.56 Å². The molecule has 0 spiro atoms. The number of esters is 1. The number of nitro groups is 1. The molecule has 86 valence electrons. The molecule has 7 heteroatoms. The zero-order chi connectivity index (χ0) is 12.3. The highest BCUT2D eigenvalue weighted by atomic mass is 79.9. The number of benzene rings is 1. The molecule has 5 nitrogen and oxygen atoms in total. The maximum atomic E-state index is 11.1. The van der Waals surface area contributed by atoms with Gasteiger partial charge in [0.1, 0.15) is 4.47 Å². The first-order chi connectivity index (χ1) is 7.47. The van der Waals surface area contributed by atoms with Crippen molar-refractivity contribution < 1.29 is 14.5 Å². The fraction of sp³-hybridized carbons (Fsp3) is 0.222. The summed E-state index contributed by atoms with van der Waals surface area (Å²) in [4.78, 5) is 21.3. The van der Waals surface area contributed by atoms with Crippen molar-refractivity contribution in [2.75, 3.05) is 7.11 Å². The number of halogens is 2. The van der Waals surface area contributed by atoms with Crippen LogP contribution in [0.5, 0.6) is 0 Å². The van der Waals surface area contributed by atoms with E-state index in [-0.39, 0.29) is 27.2 Å². The van der Waals surface area contributed by atoms with Crippen molar-refractivity contribution in [3.63, 3.8) is 0 Å². The number of nitrogens with zero attached hydrogens (tertiary/aromatic N) is 1. The van der Waals surface area contributed by atoms with Gasteiger partial charge in [-0.1, -0.05) is 17.7 Å². The molecule has 0 unspecified atom stereocenters. The molecule has 0 bridgehead atoms. The highest BCUT2D eigenvalue weighted by molar-refractivity contribution is 9.10. The van der Waals surface area contributed by atoms with E-state index in [0.29, 0.717) is 0 Å². The molecular formula is C9H7BrClNO4. The van der Waals surface area contributed by atoms with E-state index in [4.69, 9.17) is 11.6 Å². The molecule has 0 amide bonds. The Morgan fingerprint density at radius 1 is 1.62 bits per heavy atom. The number of methoxy groups -OCH3 is 1. The van der Waals surface area contributed by atoms with Crippen molar-refractivity contribution in [3.8, 4) is 0 Å². The van der Waals surface area contributed by atoms with E-state index >= 15 is 0 Å². The molecule has 0 radical (unpaired) electrons. The van der Waals surface area contributed by atoms with Gasteiger partial charge in [0.25, 0.3) is 5.69 Å². The first-order valence-electron chi connectivity index (χ1n) is 4.15. The second kappa shape index (κ2) is 5.27. The fourth-order valence-electron chi connectivity index (χ4n) is 1.15. The Morgan fingerprint density at radius 2 is 2.25 bits per heavy atom. The van der Waals surface area contributed by atoms with E-state index in [2.05, 4.69) is 20.7 Å². The smallest absolute Gasteiger partial charge is 0.310 e. The Labute approximate surface area is 105 Å². The zero-order valence-electron chi connectivity index (χ0n) is 8.20. The van der Waals surface area contributed by atoms with E-state index in [0.717, 1.165) is 0 Å². The van der Waals surface area contributed by atoms with Gasteiger partial charge in [-0.25, -0.2) is 0 Å². The van der Waals surface area contributed by atoms with Crippen molar-refractivity contribution in [1.82, 2.24) is 0 Å². The van der Waals surface area contributed by atoms with Gasteiger partial charge in [-0.2, -0.15) is 0 Å². The number of hydrogen-bond donors (Lipinski definition) is 0. The molecule has 0 aromatic heterocycles. The van der Waals surface area contributed by atoms with Crippen molar-refractivity contribution in [3.05, 3.63) is 37.3 Å². The Bertz CT molecular complexity index is 449. The maximum absolute atomic E-state index is 11.1. The van der Waals surface area contributed by atoms with Gasteiger partial charge in [-0.3, -0.25) is 14.9 Å². The highest BCUT2D eigenvalue weighted by Gasteiger charge is 2.22. The minimum Gasteiger partial charge on any atom is -0.469 e. The zero-order valence-corrected chi connectivity index (χ0v) is 10.5. The second-order valence-electron chi connectivity index (χ2n) is 2.88. The molecule has 0 saturated heterocycles. The molecule has 16 heavy (non-hydrogen) atoms. The van der Waals surface area contributed by atoms with E-state index in [9.17, 15) is 14.9 Å². The lowest BCUT2D eigenvalue weighted by Crippen LogP contribution is -2.07. The summed E-state index contributed by atoms with van der Waals surface area (Å²) in [6.07, 6.45) is -0.164. The predicted octanol–water partition coefficient (Wildman–Crippen LogP) is 2.73. The summed E-state index contributed by atoms with van der Waals surface area (Å²) in [7, 11) is 1.22. The Morgan fingerprint density at radius 3 is 2.75 bits per heavy atom.